The van der Waals surface area contributed by atoms with E-state index < -0.39 is 0 Å². The molecule has 7 heteroatoms. The third kappa shape index (κ3) is 2.99. The number of para-hydroxylation sites is 1. The summed E-state index contributed by atoms with van der Waals surface area (Å²) < 4.78 is 10.4. The average molecular weight is 315 g/mol. The van der Waals surface area contributed by atoms with Gasteiger partial charge in [-0.1, -0.05) is 23.4 Å². The third-order valence-electron chi connectivity index (χ3n) is 2.96. The Kier molecular flexibility index (Phi) is 4.15. The Balaban J connectivity index is 1.70. The van der Waals surface area contributed by atoms with E-state index in [1.165, 1.54) is 11.3 Å². The molecular formula is C15H13N3O3S. The maximum Gasteiger partial charge on any atom is 0.261 e. The molecule has 1 amide bonds. The Hall–Kier alpha value is -2.67. The van der Waals surface area contributed by atoms with E-state index in [0.29, 0.717) is 22.3 Å². The summed E-state index contributed by atoms with van der Waals surface area (Å²) in [6.45, 7) is 0.179. The molecule has 0 saturated carbocycles. The highest BCUT2D eigenvalue weighted by Crippen LogP contribution is 2.26. The Labute approximate surface area is 130 Å². The van der Waals surface area contributed by atoms with Crippen molar-refractivity contribution in [1.82, 2.24) is 15.5 Å². The highest BCUT2D eigenvalue weighted by molar-refractivity contribution is 7.12. The van der Waals surface area contributed by atoms with Crippen LogP contribution in [0.5, 0.6) is 5.75 Å². The highest BCUT2D eigenvalue weighted by Gasteiger charge is 2.14. The first-order valence-corrected chi connectivity index (χ1v) is 7.43. The Bertz CT molecular complexity index is 768. The molecule has 0 atom stereocenters. The van der Waals surface area contributed by atoms with Crippen molar-refractivity contribution in [3.8, 4) is 17.1 Å². The third-order valence-corrected chi connectivity index (χ3v) is 3.83. The zero-order valence-corrected chi connectivity index (χ0v) is 12.6. The van der Waals surface area contributed by atoms with Crippen LogP contribution in [0, 0.1) is 0 Å². The zero-order valence-electron chi connectivity index (χ0n) is 11.8. The van der Waals surface area contributed by atoms with Crippen LogP contribution in [0.3, 0.4) is 0 Å². The van der Waals surface area contributed by atoms with Crippen molar-refractivity contribution in [2.75, 3.05) is 7.11 Å². The van der Waals surface area contributed by atoms with E-state index in [4.69, 9.17) is 9.26 Å². The normalized spacial score (nSPS) is 10.4. The number of hydrogen-bond donors (Lipinski definition) is 1. The summed E-state index contributed by atoms with van der Waals surface area (Å²) in [4.78, 5) is 16.8. The van der Waals surface area contributed by atoms with E-state index in [2.05, 4.69) is 15.5 Å². The summed E-state index contributed by atoms with van der Waals surface area (Å²) in [5.41, 5.74) is 0.740. The van der Waals surface area contributed by atoms with Gasteiger partial charge in [-0.05, 0) is 23.6 Å². The molecule has 3 aromatic rings. The lowest BCUT2D eigenvalue weighted by Crippen LogP contribution is -2.21. The van der Waals surface area contributed by atoms with Crippen LogP contribution in [0.1, 0.15) is 15.6 Å². The molecule has 2 heterocycles. The van der Waals surface area contributed by atoms with Crippen LogP contribution in [-0.4, -0.2) is 23.2 Å². The summed E-state index contributed by atoms with van der Waals surface area (Å²) in [6.07, 6.45) is 0. The van der Waals surface area contributed by atoms with Gasteiger partial charge in [0.2, 0.25) is 11.7 Å². The molecule has 0 unspecified atom stereocenters. The van der Waals surface area contributed by atoms with E-state index in [-0.39, 0.29) is 12.5 Å². The lowest BCUT2D eigenvalue weighted by Gasteiger charge is -2.03. The van der Waals surface area contributed by atoms with E-state index >= 15 is 0 Å². The van der Waals surface area contributed by atoms with Crippen LogP contribution >= 0.6 is 11.3 Å². The van der Waals surface area contributed by atoms with Gasteiger partial charge < -0.3 is 14.6 Å². The van der Waals surface area contributed by atoms with Crippen LogP contribution in [-0.2, 0) is 6.54 Å². The number of nitrogens with one attached hydrogen (secondary N) is 1. The molecule has 0 aliphatic rings. The minimum Gasteiger partial charge on any atom is -0.496 e. The lowest BCUT2D eigenvalue weighted by molar-refractivity contribution is 0.0950. The van der Waals surface area contributed by atoms with Crippen molar-refractivity contribution in [1.29, 1.82) is 0 Å². The molecule has 0 saturated heterocycles. The van der Waals surface area contributed by atoms with Crippen LogP contribution < -0.4 is 10.1 Å². The number of amides is 1. The van der Waals surface area contributed by atoms with Gasteiger partial charge in [0, 0.05) is 0 Å². The second kappa shape index (κ2) is 6.40. The van der Waals surface area contributed by atoms with Crippen LogP contribution in [0.25, 0.3) is 11.4 Å². The minimum absolute atomic E-state index is 0.160. The monoisotopic (exact) mass is 315 g/mol. The number of rotatable bonds is 5. The molecule has 0 radical (unpaired) electrons. The van der Waals surface area contributed by atoms with Gasteiger partial charge in [0.25, 0.3) is 5.91 Å². The fourth-order valence-electron chi connectivity index (χ4n) is 1.92. The summed E-state index contributed by atoms with van der Waals surface area (Å²) in [7, 11) is 1.58. The van der Waals surface area contributed by atoms with Gasteiger partial charge in [-0.2, -0.15) is 4.98 Å². The second-order valence-electron chi connectivity index (χ2n) is 4.37. The van der Waals surface area contributed by atoms with Gasteiger partial charge in [0.1, 0.15) is 5.75 Å². The Morgan fingerprint density at radius 1 is 1.32 bits per heavy atom. The van der Waals surface area contributed by atoms with E-state index in [1.807, 2.05) is 35.7 Å². The second-order valence-corrected chi connectivity index (χ2v) is 5.32. The number of methoxy groups -OCH3 is 1. The molecule has 6 nitrogen and oxygen atoms in total. The fourth-order valence-corrected chi connectivity index (χ4v) is 2.56. The molecule has 0 aliphatic carbocycles. The Morgan fingerprint density at radius 2 is 2.18 bits per heavy atom. The number of benzene rings is 1. The number of ether oxygens (including phenoxy) is 1. The van der Waals surface area contributed by atoms with Crippen LogP contribution in [0.4, 0.5) is 0 Å². The zero-order chi connectivity index (χ0) is 15.4. The SMILES string of the molecule is COc1ccccc1-c1noc(CNC(=O)c2cccs2)n1. The molecule has 0 fully saturated rings. The molecule has 112 valence electrons. The molecule has 1 aromatic carbocycles. The van der Waals surface area contributed by atoms with Crippen molar-refractivity contribution < 1.29 is 14.1 Å². The quantitative estimate of drug-likeness (QED) is 0.783. The Morgan fingerprint density at radius 3 is 2.95 bits per heavy atom. The molecular weight excluding hydrogens is 302 g/mol. The lowest BCUT2D eigenvalue weighted by atomic mass is 10.2. The molecule has 0 bridgehead atoms. The number of carbonyl (C=O) groups excluding carboxylic acids is 1. The first-order valence-electron chi connectivity index (χ1n) is 6.55. The van der Waals surface area contributed by atoms with Crippen molar-refractivity contribution in [3.63, 3.8) is 0 Å². The number of hydrogen-bond acceptors (Lipinski definition) is 6. The van der Waals surface area contributed by atoms with Gasteiger partial charge >= 0.3 is 0 Å². The topological polar surface area (TPSA) is 77.3 Å². The van der Waals surface area contributed by atoms with Crippen molar-refractivity contribution in [3.05, 3.63) is 52.5 Å². The van der Waals surface area contributed by atoms with Crippen molar-refractivity contribution >= 4 is 17.2 Å². The highest BCUT2D eigenvalue weighted by atomic mass is 32.1. The van der Waals surface area contributed by atoms with Crippen LogP contribution in [0.2, 0.25) is 0 Å². The molecule has 1 N–H and O–H groups in total. The van der Waals surface area contributed by atoms with Gasteiger partial charge in [-0.25, -0.2) is 0 Å². The minimum atomic E-state index is -0.160. The number of carbonyl (C=O) groups is 1. The molecule has 0 aliphatic heterocycles. The van der Waals surface area contributed by atoms with Gasteiger partial charge in [-0.15, -0.1) is 11.3 Å². The standard InChI is InChI=1S/C15H13N3O3S/c1-20-11-6-3-2-5-10(11)14-17-13(21-18-14)9-16-15(19)12-7-4-8-22-12/h2-8H,9H2,1H3,(H,16,19). The maximum atomic E-state index is 11.8. The summed E-state index contributed by atoms with van der Waals surface area (Å²) in [5.74, 6) is 1.27. The predicted octanol–water partition coefficient (Wildman–Crippen LogP) is 2.74. The maximum absolute atomic E-state index is 11.8. The molecule has 0 spiro atoms. The predicted molar refractivity (Wildman–Crippen MR) is 81.8 cm³/mol. The molecule has 2 aromatic heterocycles. The fraction of sp³-hybridized carbons (Fsp3) is 0.133. The number of aromatic nitrogens is 2. The van der Waals surface area contributed by atoms with Crippen molar-refractivity contribution in [2.45, 2.75) is 6.54 Å². The summed E-state index contributed by atoms with van der Waals surface area (Å²) >= 11 is 1.38. The van der Waals surface area contributed by atoms with E-state index in [9.17, 15) is 4.79 Å². The summed E-state index contributed by atoms with van der Waals surface area (Å²) in [6, 6.07) is 11.0. The number of nitrogens with zero attached hydrogens (tertiary/aromatic N) is 2. The van der Waals surface area contributed by atoms with Gasteiger partial charge in [0.05, 0.1) is 24.1 Å². The first kappa shape index (κ1) is 14.3. The summed E-state index contributed by atoms with van der Waals surface area (Å²) in [5, 5.41) is 8.51. The first-order chi connectivity index (χ1) is 10.8. The van der Waals surface area contributed by atoms with Crippen molar-refractivity contribution in [2.24, 2.45) is 0 Å². The largest absolute Gasteiger partial charge is 0.496 e. The van der Waals surface area contributed by atoms with E-state index in [0.717, 1.165) is 5.56 Å². The van der Waals surface area contributed by atoms with Gasteiger partial charge in [0.15, 0.2) is 0 Å². The smallest absolute Gasteiger partial charge is 0.261 e. The molecule has 3 rings (SSSR count). The van der Waals surface area contributed by atoms with Gasteiger partial charge in [-0.3, -0.25) is 4.79 Å². The van der Waals surface area contributed by atoms with E-state index in [1.54, 1.807) is 13.2 Å². The molecule has 22 heavy (non-hydrogen) atoms. The van der Waals surface area contributed by atoms with Crippen LogP contribution in [0.15, 0.2) is 46.3 Å². The number of thiophene rings is 1. The average Bonchev–Trinajstić information content (AvgIpc) is 3.24.